The molecule has 5 heteroatoms. The smallest absolute Gasteiger partial charge is 0.204 e. The molecule has 0 aliphatic carbocycles. The van der Waals surface area contributed by atoms with Crippen LogP contribution in [0.15, 0.2) is 53.9 Å². The van der Waals surface area contributed by atoms with Gasteiger partial charge in [0.05, 0.1) is 0 Å². The van der Waals surface area contributed by atoms with Crippen molar-refractivity contribution in [3.63, 3.8) is 0 Å². The minimum absolute atomic E-state index is 0.0167. The molecule has 0 saturated heterocycles. The average Bonchev–Trinajstić information content (AvgIpc) is 3.21. The van der Waals surface area contributed by atoms with Crippen LogP contribution >= 0.6 is 11.3 Å². The number of hydrogen-bond acceptors (Lipinski definition) is 5. The van der Waals surface area contributed by atoms with E-state index in [-0.39, 0.29) is 6.10 Å². The zero-order valence-corrected chi connectivity index (χ0v) is 17.1. The second kappa shape index (κ2) is 8.74. The van der Waals surface area contributed by atoms with Gasteiger partial charge in [-0.05, 0) is 37.2 Å². The zero-order valence-electron chi connectivity index (χ0n) is 16.3. The van der Waals surface area contributed by atoms with Gasteiger partial charge in [0.1, 0.15) is 17.6 Å². The number of rotatable bonds is 9. The molecule has 27 heavy (non-hydrogen) atoms. The van der Waals surface area contributed by atoms with Crippen LogP contribution in [0.2, 0.25) is 0 Å². The van der Waals surface area contributed by atoms with Crippen LogP contribution in [0.25, 0.3) is 10.8 Å². The highest BCUT2D eigenvalue weighted by Crippen LogP contribution is 2.38. The number of methoxy groups -OCH3 is 1. The van der Waals surface area contributed by atoms with Gasteiger partial charge in [0.2, 0.25) is 5.79 Å². The molecule has 0 amide bonds. The minimum Gasteiger partial charge on any atom is -0.484 e. The van der Waals surface area contributed by atoms with Crippen molar-refractivity contribution in [2.75, 3.05) is 20.7 Å². The molecule has 144 valence electrons. The number of nitrogens with one attached hydrogen (secondary N) is 1. The van der Waals surface area contributed by atoms with Gasteiger partial charge in [0.15, 0.2) is 0 Å². The Hall–Kier alpha value is -2.08. The number of hydrogen-bond donors (Lipinski definition) is 1. The summed E-state index contributed by atoms with van der Waals surface area (Å²) in [6, 6.07) is 16.3. The van der Waals surface area contributed by atoms with Crippen LogP contribution in [0, 0.1) is 0 Å². The Kier molecular flexibility index (Phi) is 6.37. The number of benzene rings is 2. The highest BCUT2D eigenvalue weighted by Gasteiger charge is 2.21. The summed E-state index contributed by atoms with van der Waals surface area (Å²) in [5.74, 6) is 0.952. The SMILES string of the molecule is CNCC[C@H](Oc1ccc(OC(C)(C)OC)c2ccccc12)c1cccs1. The van der Waals surface area contributed by atoms with E-state index in [0.717, 1.165) is 35.2 Å². The molecule has 0 radical (unpaired) electrons. The summed E-state index contributed by atoms with van der Waals surface area (Å²) in [6.07, 6.45) is 0.920. The average molecular weight is 386 g/mol. The number of ether oxygens (including phenoxy) is 3. The molecular formula is C22H27NO3S. The Balaban J connectivity index is 1.95. The zero-order chi connectivity index (χ0) is 19.3. The van der Waals surface area contributed by atoms with Gasteiger partial charge < -0.3 is 19.5 Å². The minimum atomic E-state index is -0.697. The third kappa shape index (κ3) is 4.80. The van der Waals surface area contributed by atoms with Crippen LogP contribution < -0.4 is 14.8 Å². The van der Waals surface area contributed by atoms with Crippen molar-refractivity contribution in [2.24, 2.45) is 0 Å². The van der Waals surface area contributed by atoms with E-state index in [1.54, 1.807) is 18.4 Å². The van der Waals surface area contributed by atoms with E-state index in [4.69, 9.17) is 14.2 Å². The van der Waals surface area contributed by atoms with Gasteiger partial charge in [-0.25, -0.2) is 0 Å². The van der Waals surface area contributed by atoms with E-state index < -0.39 is 5.79 Å². The van der Waals surface area contributed by atoms with Gasteiger partial charge in [-0.3, -0.25) is 0 Å². The van der Waals surface area contributed by atoms with Gasteiger partial charge >= 0.3 is 0 Å². The van der Waals surface area contributed by atoms with Gasteiger partial charge in [0.25, 0.3) is 0 Å². The summed E-state index contributed by atoms with van der Waals surface area (Å²) < 4.78 is 18.0. The summed E-state index contributed by atoms with van der Waals surface area (Å²) in [7, 11) is 3.61. The van der Waals surface area contributed by atoms with Crippen LogP contribution in [-0.4, -0.2) is 26.5 Å². The second-order valence-electron chi connectivity index (χ2n) is 6.83. The van der Waals surface area contributed by atoms with E-state index in [1.165, 1.54) is 4.88 Å². The summed E-state index contributed by atoms with van der Waals surface area (Å²) >= 11 is 1.73. The van der Waals surface area contributed by atoms with Gasteiger partial charge in [-0.1, -0.05) is 30.3 Å². The topological polar surface area (TPSA) is 39.7 Å². The monoisotopic (exact) mass is 385 g/mol. The normalized spacial score (nSPS) is 12.9. The van der Waals surface area contributed by atoms with Crippen LogP contribution in [-0.2, 0) is 4.74 Å². The fraction of sp³-hybridized carbons (Fsp3) is 0.364. The first kappa shape index (κ1) is 19.7. The maximum Gasteiger partial charge on any atom is 0.204 e. The Morgan fingerprint density at radius 1 is 1.00 bits per heavy atom. The molecule has 0 saturated carbocycles. The van der Waals surface area contributed by atoms with E-state index in [1.807, 2.05) is 45.2 Å². The first-order valence-electron chi connectivity index (χ1n) is 9.14. The third-order valence-corrected chi connectivity index (χ3v) is 5.44. The maximum atomic E-state index is 6.47. The van der Waals surface area contributed by atoms with Crippen molar-refractivity contribution in [1.29, 1.82) is 0 Å². The molecule has 4 nitrogen and oxygen atoms in total. The van der Waals surface area contributed by atoms with E-state index >= 15 is 0 Å². The van der Waals surface area contributed by atoms with Crippen molar-refractivity contribution < 1.29 is 14.2 Å². The van der Waals surface area contributed by atoms with Crippen molar-refractivity contribution in [2.45, 2.75) is 32.2 Å². The molecule has 0 spiro atoms. The van der Waals surface area contributed by atoms with Crippen molar-refractivity contribution >= 4 is 22.1 Å². The Bertz CT molecular complexity index is 861. The summed E-state index contributed by atoms with van der Waals surface area (Å²) in [5.41, 5.74) is 0. The van der Waals surface area contributed by atoms with Crippen molar-refractivity contribution in [1.82, 2.24) is 5.32 Å². The van der Waals surface area contributed by atoms with E-state index in [9.17, 15) is 0 Å². The lowest BCUT2D eigenvalue weighted by molar-refractivity contribution is -0.133. The molecular weight excluding hydrogens is 358 g/mol. The Labute approximate surface area is 165 Å². The molecule has 0 aliphatic heterocycles. The third-order valence-electron chi connectivity index (χ3n) is 4.48. The first-order valence-corrected chi connectivity index (χ1v) is 10.0. The molecule has 0 bridgehead atoms. The predicted octanol–water partition coefficient (Wildman–Crippen LogP) is 5.39. The quantitative estimate of drug-likeness (QED) is 0.501. The molecule has 1 atom stereocenters. The summed E-state index contributed by atoms with van der Waals surface area (Å²) in [6.45, 7) is 4.69. The highest BCUT2D eigenvalue weighted by atomic mass is 32.1. The van der Waals surface area contributed by atoms with Crippen LogP contribution in [0.3, 0.4) is 0 Å². The van der Waals surface area contributed by atoms with Crippen LogP contribution in [0.1, 0.15) is 31.2 Å². The maximum absolute atomic E-state index is 6.47. The lowest BCUT2D eigenvalue weighted by Crippen LogP contribution is -2.30. The van der Waals surface area contributed by atoms with Gasteiger partial charge in [0, 0.05) is 43.0 Å². The highest BCUT2D eigenvalue weighted by molar-refractivity contribution is 7.10. The van der Waals surface area contributed by atoms with E-state index in [0.29, 0.717) is 0 Å². The molecule has 0 unspecified atom stereocenters. The second-order valence-corrected chi connectivity index (χ2v) is 7.81. The Morgan fingerprint density at radius 2 is 1.70 bits per heavy atom. The lowest BCUT2D eigenvalue weighted by Gasteiger charge is -2.26. The van der Waals surface area contributed by atoms with Gasteiger partial charge in [-0.2, -0.15) is 0 Å². The van der Waals surface area contributed by atoms with E-state index in [2.05, 4.69) is 35.0 Å². The molecule has 2 aromatic carbocycles. The molecule has 1 aromatic heterocycles. The standard InChI is InChI=1S/C22H27NO3S/c1-22(2,24-4)26-19-12-11-18(16-8-5-6-9-17(16)19)25-20(13-14-23-3)21-10-7-15-27-21/h5-12,15,20,23H,13-14H2,1-4H3/t20-/m0/s1. The summed E-state index contributed by atoms with van der Waals surface area (Å²) in [5, 5.41) is 7.35. The first-order chi connectivity index (χ1) is 13.0. The lowest BCUT2D eigenvalue weighted by atomic mass is 10.1. The molecule has 0 aliphatic rings. The number of thiophene rings is 1. The van der Waals surface area contributed by atoms with Crippen molar-refractivity contribution in [3.8, 4) is 11.5 Å². The molecule has 1 heterocycles. The molecule has 1 N–H and O–H groups in total. The molecule has 3 aromatic rings. The van der Waals surface area contributed by atoms with Crippen LogP contribution in [0.5, 0.6) is 11.5 Å². The fourth-order valence-electron chi connectivity index (χ4n) is 2.90. The Morgan fingerprint density at radius 3 is 2.33 bits per heavy atom. The summed E-state index contributed by atoms with van der Waals surface area (Å²) in [4.78, 5) is 1.23. The molecule has 0 fully saturated rings. The number of fused-ring (bicyclic) bond motifs is 1. The van der Waals surface area contributed by atoms with Gasteiger partial charge in [-0.15, -0.1) is 11.3 Å². The largest absolute Gasteiger partial charge is 0.484 e. The molecule has 3 rings (SSSR count). The predicted molar refractivity (Wildman–Crippen MR) is 112 cm³/mol. The van der Waals surface area contributed by atoms with Crippen LogP contribution in [0.4, 0.5) is 0 Å². The van der Waals surface area contributed by atoms with Crippen molar-refractivity contribution in [3.05, 3.63) is 58.8 Å². The fourth-order valence-corrected chi connectivity index (χ4v) is 3.69.